The molecule has 1 aliphatic heterocycles. The van der Waals surface area contributed by atoms with Gasteiger partial charge in [0.1, 0.15) is 5.69 Å². The largest absolute Gasteiger partial charge is 0.393 e. The summed E-state index contributed by atoms with van der Waals surface area (Å²) in [6, 6.07) is 9.28. The highest BCUT2D eigenvalue weighted by Crippen LogP contribution is 2.51. The standard InChI is InChI=1S/C28H38N6O2/c1-2-3-14-29-27-30-19-24-25(32-34(26(24)31-27)22-8-10-23(35)11-9-22)20-4-6-21(7-5-20)28(12-13-28)33-15-17-36-18-16-33/h4-7,19,22-23,35H,2-3,8-18H2,1H3,(H,29,30,31)/t22-,23-. The SMILES string of the molecule is CCCCNc1ncc2c(-c3ccc(C4(N5CCOCC5)CC4)cc3)nn([C@H]3CC[C@H](O)CC3)c2n1. The number of ether oxygens (including phenoxy) is 1. The van der Waals surface area contributed by atoms with Gasteiger partial charge in [0, 0.05) is 36.9 Å². The van der Waals surface area contributed by atoms with Crippen LogP contribution in [0.3, 0.4) is 0 Å². The maximum Gasteiger partial charge on any atom is 0.224 e. The van der Waals surface area contributed by atoms with Gasteiger partial charge in [-0.25, -0.2) is 9.67 Å². The van der Waals surface area contributed by atoms with Crippen molar-refractivity contribution >= 4 is 17.0 Å². The molecule has 3 aliphatic rings. The molecule has 0 radical (unpaired) electrons. The number of hydrogen-bond acceptors (Lipinski definition) is 7. The minimum atomic E-state index is -0.197. The van der Waals surface area contributed by atoms with Crippen molar-refractivity contribution in [1.82, 2.24) is 24.6 Å². The molecule has 36 heavy (non-hydrogen) atoms. The molecule has 0 atom stereocenters. The number of rotatable bonds is 8. The highest BCUT2D eigenvalue weighted by molar-refractivity contribution is 5.91. The first kappa shape index (κ1) is 23.8. The highest BCUT2D eigenvalue weighted by Gasteiger charge is 2.49. The number of anilines is 1. The topological polar surface area (TPSA) is 88.3 Å². The fourth-order valence-electron chi connectivity index (χ4n) is 5.99. The molecule has 3 aromatic rings. The van der Waals surface area contributed by atoms with Gasteiger partial charge in [-0.15, -0.1) is 0 Å². The Bertz CT molecular complexity index is 1170. The van der Waals surface area contributed by atoms with Crippen molar-refractivity contribution in [3.63, 3.8) is 0 Å². The monoisotopic (exact) mass is 490 g/mol. The summed E-state index contributed by atoms with van der Waals surface area (Å²) in [6.07, 6.45) is 9.85. The lowest BCUT2D eigenvalue weighted by Crippen LogP contribution is -2.43. The summed E-state index contributed by atoms with van der Waals surface area (Å²) in [7, 11) is 0. The van der Waals surface area contributed by atoms with Crippen LogP contribution < -0.4 is 5.32 Å². The Kier molecular flexibility index (Phi) is 6.67. The quantitative estimate of drug-likeness (QED) is 0.450. The average Bonchev–Trinajstić information content (AvgIpc) is 3.66. The molecule has 8 heteroatoms. The molecule has 0 amide bonds. The number of benzene rings is 1. The third kappa shape index (κ3) is 4.51. The summed E-state index contributed by atoms with van der Waals surface area (Å²) in [5.41, 5.74) is 4.52. The van der Waals surface area contributed by atoms with Gasteiger partial charge in [0.25, 0.3) is 0 Å². The van der Waals surface area contributed by atoms with Crippen LogP contribution in [0.4, 0.5) is 5.95 Å². The molecule has 2 N–H and O–H groups in total. The van der Waals surface area contributed by atoms with Crippen molar-refractivity contribution in [3.8, 4) is 11.3 Å². The van der Waals surface area contributed by atoms with Crippen LogP contribution in [0.25, 0.3) is 22.3 Å². The fraction of sp³-hybridized carbons (Fsp3) is 0.607. The Hall–Kier alpha value is -2.55. The van der Waals surface area contributed by atoms with Gasteiger partial charge >= 0.3 is 0 Å². The van der Waals surface area contributed by atoms with Gasteiger partial charge in [-0.05, 0) is 50.5 Å². The molecule has 0 spiro atoms. The molecule has 0 unspecified atom stereocenters. The van der Waals surface area contributed by atoms with E-state index in [1.54, 1.807) is 0 Å². The van der Waals surface area contributed by atoms with E-state index in [1.165, 1.54) is 18.4 Å². The molecule has 2 aromatic heterocycles. The highest BCUT2D eigenvalue weighted by atomic mass is 16.5. The molecular formula is C28H38N6O2. The Morgan fingerprint density at radius 3 is 2.53 bits per heavy atom. The van der Waals surface area contributed by atoms with E-state index in [0.717, 1.165) is 93.7 Å². The Morgan fingerprint density at radius 1 is 1.08 bits per heavy atom. The Labute approximate surface area is 213 Å². The van der Waals surface area contributed by atoms with E-state index in [2.05, 4.69) is 51.1 Å². The van der Waals surface area contributed by atoms with Crippen molar-refractivity contribution < 1.29 is 9.84 Å². The van der Waals surface area contributed by atoms with E-state index < -0.39 is 0 Å². The van der Waals surface area contributed by atoms with Crippen LogP contribution in [0.5, 0.6) is 0 Å². The molecule has 3 fully saturated rings. The van der Waals surface area contributed by atoms with Crippen LogP contribution in [0.1, 0.15) is 69.9 Å². The van der Waals surface area contributed by atoms with Gasteiger partial charge in [0.05, 0.1) is 30.7 Å². The number of nitrogens with zero attached hydrogens (tertiary/aromatic N) is 5. The van der Waals surface area contributed by atoms with Crippen molar-refractivity contribution in [2.45, 2.75) is 76.0 Å². The van der Waals surface area contributed by atoms with Crippen molar-refractivity contribution in [2.75, 3.05) is 38.2 Å². The average molecular weight is 491 g/mol. The molecule has 192 valence electrons. The smallest absolute Gasteiger partial charge is 0.224 e. The third-order valence-electron chi connectivity index (χ3n) is 8.31. The summed E-state index contributed by atoms with van der Waals surface area (Å²) >= 11 is 0. The predicted octanol–water partition coefficient (Wildman–Crippen LogP) is 4.50. The minimum Gasteiger partial charge on any atom is -0.393 e. The second kappa shape index (κ2) is 10.1. The van der Waals surface area contributed by atoms with E-state index in [1.807, 2.05) is 6.20 Å². The fourth-order valence-corrected chi connectivity index (χ4v) is 5.99. The van der Waals surface area contributed by atoms with Crippen LogP contribution >= 0.6 is 0 Å². The van der Waals surface area contributed by atoms with Crippen molar-refractivity contribution in [1.29, 1.82) is 0 Å². The molecule has 2 aliphatic carbocycles. The second-order valence-corrected chi connectivity index (χ2v) is 10.7. The first-order valence-electron chi connectivity index (χ1n) is 13.8. The van der Waals surface area contributed by atoms with Gasteiger partial charge < -0.3 is 15.2 Å². The van der Waals surface area contributed by atoms with Gasteiger partial charge in [-0.1, -0.05) is 37.6 Å². The molecule has 0 bridgehead atoms. The number of morpholine rings is 1. The lowest BCUT2D eigenvalue weighted by Gasteiger charge is -2.35. The van der Waals surface area contributed by atoms with Crippen LogP contribution in [0, 0.1) is 0 Å². The number of unbranched alkanes of at least 4 members (excludes halogenated alkanes) is 1. The van der Waals surface area contributed by atoms with E-state index in [4.69, 9.17) is 14.8 Å². The zero-order valence-electron chi connectivity index (χ0n) is 21.3. The van der Waals surface area contributed by atoms with Gasteiger partial charge in [-0.2, -0.15) is 10.1 Å². The number of aliphatic hydroxyl groups is 1. The van der Waals surface area contributed by atoms with E-state index in [0.29, 0.717) is 5.95 Å². The first-order valence-corrected chi connectivity index (χ1v) is 13.8. The Balaban J connectivity index is 1.32. The summed E-state index contributed by atoms with van der Waals surface area (Å²) in [5.74, 6) is 0.663. The molecule has 6 rings (SSSR count). The minimum absolute atomic E-state index is 0.189. The number of aliphatic hydroxyl groups excluding tert-OH is 1. The van der Waals surface area contributed by atoms with Crippen LogP contribution in [-0.2, 0) is 10.3 Å². The zero-order valence-corrected chi connectivity index (χ0v) is 21.3. The maximum atomic E-state index is 10.1. The van der Waals surface area contributed by atoms with Crippen LogP contribution in [0.15, 0.2) is 30.5 Å². The summed E-state index contributed by atoms with van der Waals surface area (Å²) in [6.45, 7) is 6.73. The predicted molar refractivity (Wildman–Crippen MR) is 141 cm³/mol. The van der Waals surface area contributed by atoms with Gasteiger partial charge in [-0.3, -0.25) is 4.90 Å². The second-order valence-electron chi connectivity index (χ2n) is 10.7. The third-order valence-corrected chi connectivity index (χ3v) is 8.31. The number of nitrogens with one attached hydrogen (secondary N) is 1. The first-order chi connectivity index (χ1) is 17.7. The molecule has 8 nitrogen and oxygen atoms in total. The molecule has 1 saturated heterocycles. The molecule has 3 heterocycles. The molecule has 2 saturated carbocycles. The van der Waals surface area contributed by atoms with Crippen LogP contribution in [0.2, 0.25) is 0 Å². The number of fused-ring (bicyclic) bond motifs is 1. The summed E-state index contributed by atoms with van der Waals surface area (Å²) < 4.78 is 7.69. The van der Waals surface area contributed by atoms with E-state index >= 15 is 0 Å². The van der Waals surface area contributed by atoms with E-state index in [-0.39, 0.29) is 17.7 Å². The number of aromatic nitrogens is 4. The van der Waals surface area contributed by atoms with Crippen molar-refractivity contribution in [2.24, 2.45) is 0 Å². The van der Waals surface area contributed by atoms with Gasteiger partial charge in [0.2, 0.25) is 5.95 Å². The molecular weight excluding hydrogens is 452 g/mol. The Morgan fingerprint density at radius 2 is 1.83 bits per heavy atom. The molecule has 1 aromatic carbocycles. The lowest BCUT2D eigenvalue weighted by molar-refractivity contribution is 0.00835. The lowest BCUT2D eigenvalue weighted by atomic mass is 9.93. The summed E-state index contributed by atoms with van der Waals surface area (Å²) in [4.78, 5) is 12.1. The zero-order chi connectivity index (χ0) is 24.5. The van der Waals surface area contributed by atoms with Crippen molar-refractivity contribution in [3.05, 3.63) is 36.0 Å². The van der Waals surface area contributed by atoms with Crippen LogP contribution in [-0.4, -0.2) is 68.7 Å². The summed E-state index contributed by atoms with van der Waals surface area (Å²) in [5, 5.41) is 19.5. The van der Waals surface area contributed by atoms with E-state index in [9.17, 15) is 5.11 Å². The van der Waals surface area contributed by atoms with Gasteiger partial charge in [0.15, 0.2) is 5.65 Å². The number of hydrogen-bond donors (Lipinski definition) is 2. The maximum absolute atomic E-state index is 10.1. The normalized spacial score (nSPS) is 24.2.